The molecule has 1 heterocycles. The van der Waals surface area contributed by atoms with Crippen molar-refractivity contribution in [1.82, 2.24) is 14.7 Å². The van der Waals surface area contributed by atoms with Gasteiger partial charge in [0.2, 0.25) is 5.91 Å². The Labute approximate surface area is 105 Å². The van der Waals surface area contributed by atoms with Gasteiger partial charge in [0, 0.05) is 12.2 Å². The molecule has 0 fully saturated rings. The summed E-state index contributed by atoms with van der Waals surface area (Å²) >= 11 is 0. The largest absolute Gasteiger partial charge is 0.322 e. The molecule has 5 nitrogen and oxygen atoms in total. The number of carbonyl (C=O) groups is 1. The van der Waals surface area contributed by atoms with E-state index in [1.807, 2.05) is 25.8 Å². The molecule has 1 rings (SSSR count). The van der Waals surface area contributed by atoms with Crippen LogP contribution in [0.5, 0.6) is 0 Å². The van der Waals surface area contributed by atoms with Crippen molar-refractivity contribution in [2.45, 2.75) is 32.9 Å². The molecule has 0 spiro atoms. The molecule has 0 aliphatic rings. The summed E-state index contributed by atoms with van der Waals surface area (Å²) in [5, 5.41) is 6.34. The highest BCUT2D eigenvalue weighted by molar-refractivity contribution is 5.91. The van der Waals surface area contributed by atoms with E-state index in [0.29, 0.717) is 5.69 Å². The highest BCUT2D eigenvalue weighted by Crippen LogP contribution is 2.07. The number of rotatable bonds is 6. The molecule has 0 saturated carbocycles. The zero-order valence-corrected chi connectivity index (χ0v) is 10.7. The fourth-order valence-electron chi connectivity index (χ4n) is 1.28. The Kier molecular flexibility index (Phi) is 5.21. The minimum Gasteiger partial charge on any atom is -0.322 e. The van der Waals surface area contributed by atoms with Crippen molar-refractivity contribution >= 4 is 11.6 Å². The number of hydrogen-bond donors (Lipinski definition) is 1. The lowest BCUT2D eigenvalue weighted by Gasteiger charge is -2.19. The lowest BCUT2D eigenvalue weighted by molar-refractivity contribution is -0.117. The van der Waals surface area contributed by atoms with Gasteiger partial charge in [-0.2, -0.15) is 5.10 Å². The molecule has 0 bridgehead atoms. The Bertz CT molecular complexity index is 392. The monoisotopic (exact) mass is 260 g/mol. The van der Waals surface area contributed by atoms with Crippen LogP contribution in [0.25, 0.3) is 0 Å². The predicted octanol–water partition coefficient (Wildman–Crippen LogP) is 1.43. The van der Waals surface area contributed by atoms with Gasteiger partial charge in [-0.3, -0.25) is 14.4 Å². The van der Waals surface area contributed by atoms with Crippen molar-refractivity contribution in [3.05, 3.63) is 12.4 Å². The van der Waals surface area contributed by atoms with Gasteiger partial charge in [0.05, 0.1) is 18.4 Å². The molecule has 1 aromatic heterocycles. The van der Waals surface area contributed by atoms with Gasteiger partial charge in [0.1, 0.15) is 6.54 Å². The summed E-state index contributed by atoms with van der Waals surface area (Å²) in [7, 11) is 1.84. The number of halogens is 2. The molecular formula is C11H18F2N4O. The van der Waals surface area contributed by atoms with Gasteiger partial charge < -0.3 is 5.32 Å². The molecule has 0 aliphatic carbocycles. The zero-order chi connectivity index (χ0) is 13.7. The van der Waals surface area contributed by atoms with Crippen LogP contribution < -0.4 is 5.32 Å². The SMILES string of the molecule is CC(C)N(C)CC(=O)Nc1cnn(CC(F)F)c1. The summed E-state index contributed by atoms with van der Waals surface area (Å²) in [4.78, 5) is 13.5. The van der Waals surface area contributed by atoms with E-state index >= 15 is 0 Å². The summed E-state index contributed by atoms with van der Waals surface area (Å²) in [5.41, 5.74) is 0.429. The van der Waals surface area contributed by atoms with Crippen molar-refractivity contribution in [2.24, 2.45) is 0 Å². The Morgan fingerprint density at radius 2 is 2.22 bits per heavy atom. The predicted molar refractivity (Wildman–Crippen MR) is 64.6 cm³/mol. The van der Waals surface area contributed by atoms with E-state index < -0.39 is 13.0 Å². The molecule has 0 unspecified atom stereocenters. The third kappa shape index (κ3) is 4.79. The van der Waals surface area contributed by atoms with Crippen LogP contribution >= 0.6 is 0 Å². The molecular weight excluding hydrogens is 242 g/mol. The van der Waals surface area contributed by atoms with Crippen LogP contribution in [0.4, 0.5) is 14.5 Å². The number of nitrogens with zero attached hydrogens (tertiary/aromatic N) is 3. The quantitative estimate of drug-likeness (QED) is 0.841. The number of hydrogen-bond acceptors (Lipinski definition) is 3. The molecule has 0 atom stereocenters. The summed E-state index contributed by atoms with van der Waals surface area (Å²) in [5.74, 6) is -0.192. The van der Waals surface area contributed by atoms with Crippen LogP contribution in [-0.2, 0) is 11.3 Å². The third-order valence-corrected chi connectivity index (χ3v) is 2.52. The number of carbonyl (C=O) groups excluding carboxylic acids is 1. The summed E-state index contributed by atoms with van der Waals surface area (Å²) in [6.45, 7) is 3.74. The average molecular weight is 260 g/mol. The highest BCUT2D eigenvalue weighted by Gasteiger charge is 2.11. The summed E-state index contributed by atoms with van der Waals surface area (Å²) < 4.78 is 25.3. The minimum absolute atomic E-state index is 0.192. The van der Waals surface area contributed by atoms with Crippen LogP contribution in [-0.4, -0.2) is 46.6 Å². The van der Waals surface area contributed by atoms with E-state index in [0.717, 1.165) is 4.68 Å². The summed E-state index contributed by atoms with van der Waals surface area (Å²) in [6.07, 6.45) is 0.287. The van der Waals surface area contributed by atoms with Crippen LogP contribution in [0.2, 0.25) is 0 Å². The standard InChI is InChI=1S/C11H18F2N4O/c1-8(2)16(3)7-11(18)15-9-4-14-17(5-9)6-10(12)13/h4-5,8,10H,6-7H2,1-3H3,(H,15,18). The molecule has 0 aliphatic heterocycles. The molecule has 1 aromatic rings. The fourth-order valence-corrected chi connectivity index (χ4v) is 1.28. The fraction of sp³-hybridized carbons (Fsp3) is 0.636. The number of alkyl halides is 2. The second-order valence-corrected chi connectivity index (χ2v) is 4.40. The second-order valence-electron chi connectivity index (χ2n) is 4.40. The smallest absolute Gasteiger partial charge is 0.257 e. The molecule has 0 radical (unpaired) electrons. The van der Waals surface area contributed by atoms with Crippen molar-refractivity contribution < 1.29 is 13.6 Å². The number of likely N-dealkylation sites (N-methyl/N-ethyl adjacent to an activating group) is 1. The van der Waals surface area contributed by atoms with Gasteiger partial charge in [0.25, 0.3) is 6.43 Å². The molecule has 1 N–H and O–H groups in total. The van der Waals surface area contributed by atoms with Gasteiger partial charge in [0.15, 0.2) is 0 Å². The lowest BCUT2D eigenvalue weighted by atomic mass is 10.3. The normalized spacial score (nSPS) is 11.6. The minimum atomic E-state index is -2.46. The van der Waals surface area contributed by atoms with E-state index in [2.05, 4.69) is 10.4 Å². The van der Waals surface area contributed by atoms with Crippen LogP contribution in [0, 0.1) is 0 Å². The Morgan fingerprint density at radius 3 is 2.78 bits per heavy atom. The first-order valence-electron chi connectivity index (χ1n) is 5.69. The van der Waals surface area contributed by atoms with Gasteiger partial charge >= 0.3 is 0 Å². The molecule has 18 heavy (non-hydrogen) atoms. The molecule has 102 valence electrons. The van der Waals surface area contributed by atoms with Gasteiger partial charge in [-0.15, -0.1) is 0 Å². The zero-order valence-electron chi connectivity index (χ0n) is 10.7. The summed E-state index contributed by atoms with van der Waals surface area (Å²) in [6, 6.07) is 0.261. The number of nitrogens with one attached hydrogen (secondary N) is 1. The van der Waals surface area contributed by atoms with Gasteiger partial charge in [-0.1, -0.05) is 0 Å². The second kappa shape index (κ2) is 6.44. The van der Waals surface area contributed by atoms with Crippen LogP contribution in [0.3, 0.4) is 0 Å². The molecule has 1 amide bonds. The van der Waals surface area contributed by atoms with E-state index in [-0.39, 0.29) is 18.5 Å². The van der Waals surface area contributed by atoms with Crippen molar-refractivity contribution in [3.8, 4) is 0 Å². The first-order chi connectivity index (χ1) is 8.38. The molecule has 7 heteroatoms. The van der Waals surface area contributed by atoms with Crippen molar-refractivity contribution in [3.63, 3.8) is 0 Å². The molecule has 0 aromatic carbocycles. The Hall–Kier alpha value is -1.50. The Balaban J connectivity index is 2.47. The van der Waals surface area contributed by atoms with Crippen molar-refractivity contribution in [2.75, 3.05) is 18.9 Å². The number of amides is 1. The van der Waals surface area contributed by atoms with E-state index in [1.165, 1.54) is 12.4 Å². The van der Waals surface area contributed by atoms with Crippen LogP contribution in [0.1, 0.15) is 13.8 Å². The average Bonchev–Trinajstić information content (AvgIpc) is 2.63. The van der Waals surface area contributed by atoms with Gasteiger partial charge in [-0.25, -0.2) is 8.78 Å². The van der Waals surface area contributed by atoms with E-state index in [9.17, 15) is 13.6 Å². The lowest BCUT2D eigenvalue weighted by Crippen LogP contribution is -2.34. The highest BCUT2D eigenvalue weighted by atomic mass is 19.3. The first-order valence-corrected chi connectivity index (χ1v) is 5.69. The number of aromatic nitrogens is 2. The first kappa shape index (κ1) is 14.6. The maximum absolute atomic E-state index is 12.1. The Morgan fingerprint density at radius 1 is 1.56 bits per heavy atom. The van der Waals surface area contributed by atoms with Crippen molar-refractivity contribution in [1.29, 1.82) is 0 Å². The molecule has 0 saturated heterocycles. The van der Waals surface area contributed by atoms with E-state index in [1.54, 1.807) is 0 Å². The topological polar surface area (TPSA) is 50.2 Å². The maximum Gasteiger partial charge on any atom is 0.257 e. The van der Waals surface area contributed by atoms with Gasteiger partial charge in [-0.05, 0) is 20.9 Å². The van der Waals surface area contributed by atoms with Crippen LogP contribution in [0.15, 0.2) is 12.4 Å². The number of anilines is 1. The third-order valence-electron chi connectivity index (χ3n) is 2.52. The van der Waals surface area contributed by atoms with E-state index in [4.69, 9.17) is 0 Å². The maximum atomic E-state index is 12.1.